The smallest absolute Gasteiger partial charge is 0.265 e. The molecule has 122 valence electrons. The number of thiophene rings is 1. The van der Waals surface area contributed by atoms with Crippen molar-refractivity contribution in [1.29, 1.82) is 0 Å². The molecular weight excluding hydrogens is 334 g/mol. The highest BCUT2D eigenvalue weighted by atomic mass is 32.1. The Morgan fingerprint density at radius 2 is 1.88 bits per heavy atom. The van der Waals surface area contributed by atoms with Gasteiger partial charge in [0.15, 0.2) is 0 Å². The maximum absolute atomic E-state index is 12.5. The van der Waals surface area contributed by atoms with Gasteiger partial charge in [0.25, 0.3) is 5.91 Å². The van der Waals surface area contributed by atoms with Crippen molar-refractivity contribution in [3.8, 4) is 5.69 Å². The number of nitrogens with one attached hydrogen (secondary N) is 2. The standard InChI is InChI=1S/C18H13N5OS/c24-18-16-15(13-3-1-2-4-14(13)25-16)21-17(22-18)11-5-7-12(8-6-11)23-10-19-9-20-23/h1-10,17,21H,(H,22,24)/t17-/m0/s1. The zero-order valence-corrected chi connectivity index (χ0v) is 13.8. The topological polar surface area (TPSA) is 71.8 Å². The van der Waals surface area contributed by atoms with Crippen molar-refractivity contribution >= 4 is 33.0 Å². The Bertz CT molecular complexity index is 1070. The maximum atomic E-state index is 12.5. The number of carbonyl (C=O) groups excluding carboxylic acids is 1. The molecular formula is C18H13N5OS. The van der Waals surface area contributed by atoms with E-state index in [2.05, 4.69) is 20.7 Å². The maximum Gasteiger partial charge on any atom is 0.265 e. The number of carbonyl (C=O) groups is 1. The molecule has 1 atom stereocenters. The SMILES string of the molecule is O=C1N[C@@H](c2ccc(-n3cncn3)cc2)Nc2c1sc1ccccc21. The van der Waals surface area contributed by atoms with Crippen LogP contribution in [0.3, 0.4) is 0 Å². The first-order valence-corrected chi connectivity index (χ1v) is 8.65. The van der Waals surface area contributed by atoms with Gasteiger partial charge in [-0.25, -0.2) is 9.67 Å². The minimum Gasteiger partial charge on any atom is -0.360 e. The van der Waals surface area contributed by atoms with Crippen LogP contribution in [0, 0.1) is 0 Å². The van der Waals surface area contributed by atoms with E-state index in [1.807, 2.05) is 48.5 Å². The average Bonchev–Trinajstić information content (AvgIpc) is 3.30. The van der Waals surface area contributed by atoms with Gasteiger partial charge in [-0.15, -0.1) is 11.3 Å². The van der Waals surface area contributed by atoms with Crippen molar-refractivity contribution in [3.05, 3.63) is 71.6 Å². The van der Waals surface area contributed by atoms with Crippen LogP contribution in [0.2, 0.25) is 0 Å². The summed E-state index contributed by atoms with van der Waals surface area (Å²) in [4.78, 5) is 17.2. The van der Waals surface area contributed by atoms with Gasteiger partial charge < -0.3 is 10.6 Å². The van der Waals surface area contributed by atoms with Crippen molar-refractivity contribution in [2.75, 3.05) is 5.32 Å². The normalized spacial score (nSPS) is 16.3. The predicted octanol–water partition coefficient (Wildman–Crippen LogP) is 3.34. The van der Waals surface area contributed by atoms with Crippen LogP contribution >= 0.6 is 11.3 Å². The third-order valence-electron chi connectivity index (χ3n) is 4.28. The summed E-state index contributed by atoms with van der Waals surface area (Å²) in [5, 5.41) is 11.7. The Balaban J connectivity index is 1.51. The second-order valence-electron chi connectivity index (χ2n) is 5.78. The van der Waals surface area contributed by atoms with Crippen molar-refractivity contribution in [1.82, 2.24) is 20.1 Å². The minimum atomic E-state index is -0.261. The summed E-state index contributed by atoms with van der Waals surface area (Å²) in [7, 11) is 0. The number of anilines is 1. The fourth-order valence-corrected chi connectivity index (χ4v) is 4.12. The summed E-state index contributed by atoms with van der Waals surface area (Å²) < 4.78 is 2.80. The van der Waals surface area contributed by atoms with Crippen molar-refractivity contribution in [2.24, 2.45) is 0 Å². The molecule has 0 bridgehead atoms. The Kier molecular flexibility index (Phi) is 3.07. The summed E-state index contributed by atoms with van der Waals surface area (Å²) in [6.07, 6.45) is 2.89. The van der Waals surface area contributed by atoms with Crippen molar-refractivity contribution < 1.29 is 4.79 Å². The molecule has 2 aromatic carbocycles. The van der Waals surface area contributed by atoms with E-state index in [1.54, 1.807) is 11.0 Å². The highest BCUT2D eigenvalue weighted by Gasteiger charge is 2.28. The number of rotatable bonds is 2. The van der Waals surface area contributed by atoms with Crippen LogP contribution in [-0.2, 0) is 0 Å². The summed E-state index contributed by atoms with van der Waals surface area (Å²) in [5.74, 6) is -0.0414. The first kappa shape index (κ1) is 14.2. The molecule has 3 heterocycles. The third kappa shape index (κ3) is 2.28. The van der Waals surface area contributed by atoms with Gasteiger partial charge in [0.1, 0.15) is 23.7 Å². The third-order valence-corrected chi connectivity index (χ3v) is 5.45. The molecule has 0 aliphatic carbocycles. The monoisotopic (exact) mass is 347 g/mol. The molecule has 0 saturated carbocycles. The number of amides is 1. The first-order chi connectivity index (χ1) is 12.3. The number of fused-ring (bicyclic) bond motifs is 3. The van der Waals surface area contributed by atoms with E-state index in [4.69, 9.17) is 0 Å². The van der Waals surface area contributed by atoms with Gasteiger partial charge in [0.2, 0.25) is 0 Å². The number of nitrogens with zero attached hydrogens (tertiary/aromatic N) is 3. The summed E-state index contributed by atoms with van der Waals surface area (Å²) in [5.41, 5.74) is 2.82. The van der Waals surface area contributed by atoms with Crippen LogP contribution in [-0.4, -0.2) is 20.7 Å². The van der Waals surface area contributed by atoms with Crippen LogP contribution in [0.4, 0.5) is 5.69 Å². The van der Waals surface area contributed by atoms with Crippen molar-refractivity contribution in [3.63, 3.8) is 0 Å². The van der Waals surface area contributed by atoms with E-state index in [0.29, 0.717) is 0 Å². The molecule has 25 heavy (non-hydrogen) atoms. The molecule has 6 nitrogen and oxygen atoms in total. The molecule has 1 aliphatic heterocycles. The Labute approximate surface area is 147 Å². The minimum absolute atomic E-state index is 0.0414. The highest BCUT2D eigenvalue weighted by molar-refractivity contribution is 7.21. The van der Waals surface area contributed by atoms with Crippen LogP contribution in [0.5, 0.6) is 0 Å². The van der Waals surface area contributed by atoms with Crippen molar-refractivity contribution in [2.45, 2.75) is 6.17 Å². The number of hydrogen-bond acceptors (Lipinski definition) is 5. The highest BCUT2D eigenvalue weighted by Crippen LogP contribution is 2.39. The largest absolute Gasteiger partial charge is 0.360 e. The quantitative estimate of drug-likeness (QED) is 0.583. The summed E-state index contributed by atoms with van der Waals surface area (Å²) >= 11 is 1.51. The molecule has 1 amide bonds. The summed E-state index contributed by atoms with van der Waals surface area (Å²) in [6, 6.07) is 15.9. The van der Waals surface area contributed by atoms with Gasteiger partial charge >= 0.3 is 0 Å². The molecule has 0 saturated heterocycles. The van der Waals surface area contributed by atoms with Crippen LogP contribution in [0.15, 0.2) is 61.2 Å². The zero-order chi connectivity index (χ0) is 16.8. The van der Waals surface area contributed by atoms with Gasteiger partial charge in [-0.05, 0) is 23.8 Å². The summed E-state index contributed by atoms with van der Waals surface area (Å²) in [6.45, 7) is 0. The predicted molar refractivity (Wildman–Crippen MR) is 97.0 cm³/mol. The molecule has 2 N–H and O–H groups in total. The van der Waals surface area contributed by atoms with Gasteiger partial charge in [-0.2, -0.15) is 5.10 Å². The molecule has 7 heteroatoms. The number of hydrogen-bond donors (Lipinski definition) is 2. The molecule has 1 aliphatic rings. The fourth-order valence-electron chi connectivity index (χ4n) is 3.05. The second kappa shape index (κ2) is 5.42. The lowest BCUT2D eigenvalue weighted by atomic mass is 10.1. The molecule has 0 unspecified atom stereocenters. The van der Waals surface area contributed by atoms with E-state index in [9.17, 15) is 4.79 Å². The molecule has 0 fully saturated rings. The van der Waals surface area contributed by atoms with E-state index in [1.165, 1.54) is 17.7 Å². The molecule has 0 radical (unpaired) electrons. The molecule has 5 rings (SSSR count). The number of aromatic nitrogens is 3. The second-order valence-corrected chi connectivity index (χ2v) is 6.84. The number of benzene rings is 2. The lowest BCUT2D eigenvalue weighted by molar-refractivity contribution is 0.0940. The van der Waals surface area contributed by atoms with Gasteiger partial charge in [-0.3, -0.25) is 4.79 Å². The van der Waals surface area contributed by atoms with E-state index >= 15 is 0 Å². The Hall–Kier alpha value is -3.19. The van der Waals surface area contributed by atoms with Crippen LogP contribution < -0.4 is 10.6 Å². The lowest BCUT2D eigenvalue weighted by Crippen LogP contribution is -2.37. The van der Waals surface area contributed by atoms with Gasteiger partial charge in [0.05, 0.1) is 11.4 Å². The van der Waals surface area contributed by atoms with E-state index < -0.39 is 0 Å². The van der Waals surface area contributed by atoms with Crippen LogP contribution in [0.25, 0.3) is 15.8 Å². The molecule has 2 aromatic heterocycles. The van der Waals surface area contributed by atoms with E-state index in [-0.39, 0.29) is 12.1 Å². The Morgan fingerprint density at radius 1 is 1.04 bits per heavy atom. The van der Waals surface area contributed by atoms with Gasteiger partial charge in [-0.1, -0.05) is 30.3 Å². The Morgan fingerprint density at radius 3 is 2.68 bits per heavy atom. The zero-order valence-electron chi connectivity index (χ0n) is 13.0. The molecule has 4 aromatic rings. The molecule has 0 spiro atoms. The first-order valence-electron chi connectivity index (χ1n) is 7.83. The lowest BCUT2D eigenvalue weighted by Gasteiger charge is -2.26. The average molecular weight is 347 g/mol. The van der Waals surface area contributed by atoms with E-state index in [0.717, 1.165) is 31.9 Å². The van der Waals surface area contributed by atoms with Crippen LogP contribution in [0.1, 0.15) is 21.4 Å². The fraction of sp³-hybridized carbons (Fsp3) is 0.0556. The van der Waals surface area contributed by atoms with Gasteiger partial charge in [0, 0.05) is 10.1 Å².